The van der Waals surface area contributed by atoms with E-state index >= 15 is 0 Å². The minimum atomic E-state index is -3.32. The van der Waals surface area contributed by atoms with Crippen molar-refractivity contribution in [3.05, 3.63) is 63.1 Å². The number of sulfone groups is 1. The van der Waals surface area contributed by atoms with Crippen molar-refractivity contribution in [1.82, 2.24) is 15.5 Å². The highest BCUT2D eigenvalue weighted by Crippen LogP contribution is 2.24. The molecule has 1 fully saturated rings. The van der Waals surface area contributed by atoms with E-state index in [0.717, 1.165) is 24.8 Å². The molecule has 0 bridgehead atoms. The molecule has 2 aromatic rings. The molecule has 0 aromatic heterocycles. The van der Waals surface area contributed by atoms with Gasteiger partial charge in [-0.2, -0.15) is 0 Å². The lowest BCUT2D eigenvalue weighted by atomic mass is 10.2. The average molecular weight is 562 g/mol. The van der Waals surface area contributed by atoms with E-state index in [2.05, 4.69) is 20.9 Å². The largest absolute Gasteiger partial charge is 0.350 e. The molecule has 3 N–H and O–H groups in total. The van der Waals surface area contributed by atoms with Crippen LogP contribution in [0.15, 0.2) is 42.5 Å². The molecule has 35 heavy (non-hydrogen) atoms. The van der Waals surface area contributed by atoms with Gasteiger partial charge >= 0.3 is 6.03 Å². The zero-order valence-electron chi connectivity index (χ0n) is 19.1. The summed E-state index contributed by atoms with van der Waals surface area (Å²) in [6.45, 7) is 2.04. The SMILES string of the molecule is CS(=O)(=O)CC[C@H](NC(=O)Nc1ccc(Cl)cc1)C(=O)N[C@@H]1CCN(Cc2ccc(Cl)c(Cl)c2)C1. The van der Waals surface area contributed by atoms with Gasteiger partial charge in [0.15, 0.2) is 0 Å². The molecule has 12 heteroatoms. The number of halogens is 3. The van der Waals surface area contributed by atoms with Gasteiger partial charge in [0.05, 0.1) is 15.8 Å². The van der Waals surface area contributed by atoms with E-state index in [9.17, 15) is 18.0 Å². The first-order chi connectivity index (χ1) is 16.5. The fourth-order valence-corrected chi connectivity index (χ4v) is 4.86. The molecule has 2 atom stereocenters. The van der Waals surface area contributed by atoms with Crippen molar-refractivity contribution in [2.75, 3.05) is 30.4 Å². The molecule has 3 rings (SSSR count). The van der Waals surface area contributed by atoms with Crippen LogP contribution in [0.2, 0.25) is 15.1 Å². The summed E-state index contributed by atoms with van der Waals surface area (Å²) in [5.74, 6) is -0.665. The van der Waals surface area contributed by atoms with E-state index < -0.39 is 27.8 Å². The summed E-state index contributed by atoms with van der Waals surface area (Å²) in [6.07, 6.45) is 1.77. The van der Waals surface area contributed by atoms with Crippen LogP contribution < -0.4 is 16.0 Å². The topological polar surface area (TPSA) is 108 Å². The summed E-state index contributed by atoms with van der Waals surface area (Å²) in [6, 6.07) is 10.2. The number of anilines is 1. The highest BCUT2D eigenvalue weighted by molar-refractivity contribution is 7.90. The summed E-state index contributed by atoms with van der Waals surface area (Å²) >= 11 is 17.9. The number of hydrogen-bond acceptors (Lipinski definition) is 5. The predicted octanol–water partition coefficient (Wildman–Crippen LogP) is 3.96. The number of carbonyl (C=O) groups excluding carboxylic acids is 2. The first-order valence-corrected chi connectivity index (χ1v) is 14.2. The molecule has 2 aromatic carbocycles. The molecule has 1 saturated heterocycles. The second-order valence-corrected chi connectivity index (χ2v) is 12.1. The Morgan fingerprint density at radius 3 is 2.46 bits per heavy atom. The summed E-state index contributed by atoms with van der Waals surface area (Å²) in [5, 5.41) is 9.66. The molecule has 1 heterocycles. The van der Waals surface area contributed by atoms with Gasteiger partial charge in [-0.3, -0.25) is 9.69 Å². The van der Waals surface area contributed by atoms with Crippen LogP contribution in [0.25, 0.3) is 0 Å². The predicted molar refractivity (Wildman–Crippen MR) is 140 cm³/mol. The van der Waals surface area contributed by atoms with E-state index in [1.807, 2.05) is 12.1 Å². The van der Waals surface area contributed by atoms with Crippen molar-refractivity contribution < 1.29 is 18.0 Å². The smallest absolute Gasteiger partial charge is 0.319 e. The maximum absolute atomic E-state index is 13.0. The molecule has 0 unspecified atom stereocenters. The zero-order chi connectivity index (χ0) is 25.6. The van der Waals surface area contributed by atoms with Crippen molar-refractivity contribution in [2.45, 2.75) is 31.5 Å². The fraction of sp³-hybridized carbons (Fsp3) is 0.391. The molecule has 8 nitrogen and oxygen atoms in total. The normalized spacial score (nSPS) is 17.1. The number of amides is 3. The van der Waals surface area contributed by atoms with E-state index in [1.54, 1.807) is 30.3 Å². The Kier molecular flexibility index (Phi) is 9.66. The van der Waals surface area contributed by atoms with Gasteiger partial charge in [0.1, 0.15) is 15.9 Å². The third-order valence-corrected chi connectivity index (χ3v) is 7.48. The molecule has 3 amide bonds. The lowest BCUT2D eigenvalue weighted by Gasteiger charge is -2.22. The maximum Gasteiger partial charge on any atom is 0.319 e. The lowest BCUT2D eigenvalue weighted by molar-refractivity contribution is -0.123. The Hall–Kier alpha value is -2.04. The van der Waals surface area contributed by atoms with Crippen LogP contribution >= 0.6 is 34.8 Å². The molecule has 1 aliphatic rings. The first kappa shape index (κ1) is 27.5. The Labute approximate surface area is 220 Å². The average Bonchev–Trinajstić information content (AvgIpc) is 3.21. The Morgan fingerprint density at radius 1 is 1.09 bits per heavy atom. The van der Waals surface area contributed by atoms with Gasteiger partial charge in [-0.25, -0.2) is 13.2 Å². The molecule has 190 valence electrons. The molecule has 1 aliphatic heterocycles. The third kappa shape index (κ3) is 9.16. The molecular formula is C23H27Cl3N4O4S. The summed E-state index contributed by atoms with van der Waals surface area (Å²) < 4.78 is 23.4. The number of likely N-dealkylation sites (tertiary alicyclic amines) is 1. The summed E-state index contributed by atoms with van der Waals surface area (Å²) in [5.41, 5.74) is 1.50. The minimum absolute atomic E-state index is 0.0432. The van der Waals surface area contributed by atoms with Gasteiger partial charge in [0, 0.05) is 42.6 Å². The number of carbonyl (C=O) groups is 2. The number of nitrogens with one attached hydrogen (secondary N) is 3. The number of hydrogen-bond donors (Lipinski definition) is 3. The van der Waals surface area contributed by atoms with Crippen LogP contribution in [0.5, 0.6) is 0 Å². The first-order valence-electron chi connectivity index (χ1n) is 11.0. The number of nitrogens with zero attached hydrogens (tertiary/aromatic N) is 1. The molecule has 0 aliphatic carbocycles. The van der Waals surface area contributed by atoms with E-state index in [1.165, 1.54) is 0 Å². The summed E-state index contributed by atoms with van der Waals surface area (Å²) in [4.78, 5) is 27.6. The number of benzene rings is 2. The maximum atomic E-state index is 13.0. The standard InChI is InChI=1S/C23H27Cl3N4O4S/c1-35(33,34)11-9-21(29-23(32)28-17-5-3-16(24)4-6-17)22(31)27-18-8-10-30(14-18)13-15-2-7-19(25)20(26)12-15/h2-7,12,18,21H,8-11,13-14H2,1H3,(H,27,31)(H2,28,29,32)/t18-,21+/m1/s1. The van der Waals surface area contributed by atoms with Gasteiger partial charge < -0.3 is 16.0 Å². The van der Waals surface area contributed by atoms with Gasteiger partial charge in [-0.05, 0) is 54.8 Å². The highest BCUT2D eigenvalue weighted by atomic mass is 35.5. The molecular weight excluding hydrogens is 535 g/mol. The van der Waals surface area contributed by atoms with Gasteiger partial charge in [0.25, 0.3) is 0 Å². The third-order valence-electron chi connectivity index (χ3n) is 5.51. The van der Waals surface area contributed by atoms with Crippen LogP contribution in [-0.4, -0.2) is 62.4 Å². The van der Waals surface area contributed by atoms with Gasteiger partial charge in [-0.15, -0.1) is 0 Å². The molecule has 0 radical (unpaired) electrons. The Bertz CT molecular complexity index is 1160. The van der Waals surface area contributed by atoms with Gasteiger partial charge in [0.2, 0.25) is 5.91 Å². The fourth-order valence-electron chi connectivity index (χ4n) is 3.75. The van der Waals surface area contributed by atoms with Crippen LogP contribution in [-0.2, 0) is 21.2 Å². The monoisotopic (exact) mass is 560 g/mol. The highest BCUT2D eigenvalue weighted by Gasteiger charge is 2.28. The van der Waals surface area contributed by atoms with E-state index in [0.29, 0.717) is 33.8 Å². The molecule has 0 saturated carbocycles. The summed E-state index contributed by atoms with van der Waals surface area (Å²) in [7, 11) is -3.32. The zero-order valence-corrected chi connectivity index (χ0v) is 22.1. The Morgan fingerprint density at radius 2 is 1.80 bits per heavy atom. The lowest BCUT2D eigenvalue weighted by Crippen LogP contribution is -2.51. The van der Waals surface area contributed by atoms with Crippen LogP contribution in [0, 0.1) is 0 Å². The van der Waals surface area contributed by atoms with Crippen LogP contribution in [0.1, 0.15) is 18.4 Å². The van der Waals surface area contributed by atoms with E-state index in [4.69, 9.17) is 34.8 Å². The van der Waals surface area contributed by atoms with Gasteiger partial charge in [-0.1, -0.05) is 40.9 Å². The van der Waals surface area contributed by atoms with Crippen LogP contribution in [0.4, 0.5) is 10.5 Å². The quantitative estimate of drug-likeness (QED) is 0.430. The minimum Gasteiger partial charge on any atom is -0.350 e. The number of urea groups is 1. The van der Waals surface area contributed by atoms with Crippen molar-refractivity contribution in [3.8, 4) is 0 Å². The second kappa shape index (κ2) is 12.3. The second-order valence-electron chi connectivity index (χ2n) is 8.55. The van der Waals surface area contributed by atoms with Crippen molar-refractivity contribution in [2.24, 2.45) is 0 Å². The van der Waals surface area contributed by atoms with E-state index in [-0.39, 0.29) is 18.2 Å². The van der Waals surface area contributed by atoms with Crippen LogP contribution in [0.3, 0.4) is 0 Å². The van der Waals surface area contributed by atoms with Crippen molar-refractivity contribution in [3.63, 3.8) is 0 Å². The number of rotatable bonds is 9. The Balaban J connectivity index is 1.57. The molecule has 0 spiro atoms. The van der Waals surface area contributed by atoms with Crippen molar-refractivity contribution >= 4 is 62.3 Å². The van der Waals surface area contributed by atoms with Crippen molar-refractivity contribution in [1.29, 1.82) is 0 Å².